The van der Waals surface area contributed by atoms with Gasteiger partial charge in [0.25, 0.3) is 0 Å². The first-order valence-electron chi connectivity index (χ1n) is 6.72. The summed E-state index contributed by atoms with van der Waals surface area (Å²) >= 11 is 6.09. The summed E-state index contributed by atoms with van der Waals surface area (Å²) in [6, 6.07) is 9.79. The number of rotatable bonds is 6. The molecule has 0 saturated heterocycles. The van der Waals surface area contributed by atoms with Crippen molar-refractivity contribution in [1.29, 1.82) is 0 Å². The molecule has 0 fully saturated rings. The molecule has 1 aromatic heterocycles. The number of benzene rings is 1. The Kier molecular flexibility index (Phi) is 5.39. The largest absolute Gasteiger partial charge is 0.487 e. The highest BCUT2D eigenvalue weighted by molar-refractivity contribution is 6.31. The number of hydrogen-bond acceptors (Lipinski definition) is 3. The van der Waals surface area contributed by atoms with Crippen molar-refractivity contribution in [3.8, 4) is 5.75 Å². The van der Waals surface area contributed by atoms with Gasteiger partial charge in [-0.05, 0) is 48.9 Å². The van der Waals surface area contributed by atoms with Gasteiger partial charge in [0.05, 0.1) is 5.69 Å². The van der Waals surface area contributed by atoms with Crippen LogP contribution in [-0.4, -0.2) is 12.0 Å². The van der Waals surface area contributed by atoms with Crippen LogP contribution in [0.4, 0.5) is 0 Å². The molecule has 0 spiro atoms. The van der Waals surface area contributed by atoms with Crippen LogP contribution in [0.1, 0.15) is 23.7 Å². The molecular formula is C16H19ClN2O. The molecular weight excluding hydrogens is 272 g/mol. The molecule has 0 aliphatic carbocycles. The fraction of sp³-hybridized carbons (Fsp3) is 0.312. The third-order valence-electron chi connectivity index (χ3n) is 3.05. The van der Waals surface area contributed by atoms with Gasteiger partial charge in [-0.3, -0.25) is 4.98 Å². The molecule has 0 unspecified atom stereocenters. The molecule has 3 nitrogen and oxygen atoms in total. The van der Waals surface area contributed by atoms with E-state index in [9.17, 15) is 0 Å². The van der Waals surface area contributed by atoms with Gasteiger partial charge in [0.15, 0.2) is 0 Å². The summed E-state index contributed by atoms with van der Waals surface area (Å²) in [7, 11) is 1.92. The summed E-state index contributed by atoms with van der Waals surface area (Å²) in [5.41, 5.74) is 3.18. The first-order chi connectivity index (χ1) is 9.72. The fourth-order valence-electron chi connectivity index (χ4n) is 1.92. The van der Waals surface area contributed by atoms with Crippen LogP contribution in [0, 0.1) is 0 Å². The summed E-state index contributed by atoms with van der Waals surface area (Å²) in [5.74, 6) is 0.826. The smallest absolute Gasteiger partial charge is 0.130 e. The van der Waals surface area contributed by atoms with Gasteiger partial charge in [0.1, 0.15) is 12.4 Å². The Morgan fingerprint density at radius 3 is 2.75 bits per heavy atom. The number of halogens is 1. The Balaban J connectivity index is 1.97. The number of aromatic nitrogens is 1. The summed E-state index contributed by atoms with van der Waals surface area (Å²) in [5, 5.41) is 3.88. The lowest BCUT2D eigenvalue weighted by Gasteiger charge is -2.09. The second-order valence-corrected chi connectivity index (χ2v) is 4.99. The number of ether oxygens (including phenoxy) is 1. The Labute approximate surface area is 124 Å². The van der Waals surface area contributed by atoms with Gasteiger partial charge in [-0.15, -0.1) is 0 Å². The van der Waals surface area contributed by atoms with Crippen molar-refractivity contribution in [3.05, 3.63) is 58.4 Å². The van der Waals surface area contributed by atoms with Crippen LogP contribution in [0.25, 0.3) is 0 Å². The SMILES string of the molecule is CCc1cc(OCc2ccc(CNC)cn2)ccc1Cl. The van der Waals surface area contributed by atoms with E-state index in [1.807, 2.05) is 37.5 Å². The Hall–Kier alpha value is -1.58. The minimum Gasteiger partial charge on any atom is -0.487 e. The molecule has 1 N–H and O–H groups in total. The van der Waals surface area contributed by atoms with Crippen molar-refractivity contribution in [3.63, 3.8) is 0 Å². The standard InChI is InChI=1S/C16H19ClN2O/c1-3-13-8-15(6-7-16(13)17)20-11-14-5-4-12(9-18-2)10-19-14/h4-8,10,18H,3,9,11H2,1-2H3. The van der Waals surface area contributed by atoms with Crippen LogP contribution >= 0.6 is 11.6 Å². The summed E-state index contributed by atoms with van der Waals surface area (Å²) in [6.07, 6.45) is 2.77. The van der Waals surface area contributed by atoms with Crippen LogP contribution in [0.15, 0.2) is 36.5 Å². The topological polar surface area (TPSA) is 34.1 Å². The van der Waals surface area contributed by atoms with E-state index in [1.165, 1.54) is 0 Å². The van der Waals surface area contributed by atoms with E-state index in [1.54, 1.807) is 0 Å². The maximum Gasteiger partial charge on any atom is 0.130 e. The van der Waals surface area contributed by atoms with Crippen molar-refractivity contribution < 1.29 is 4.74 Å². The molecule has 2 rings (SSSR count). The lowest BCUT2D eigenvalue weighted by Crippen LogP contribution is -2.06. The molecule has 0 saturated carbocycles. The minimum atomic E-state index is 0.463. The van der Waals surface area contributed by atoms with Crippen LogP contribution in [0.5, 0.6) is 5.75 Å². The van der Waals surface area contributed by atoms with Gasteiger partial charge in [-0.1, -0.05) is 24.6 Å². The molecule has 0 radical (unpaired) electrons. The van der Waals surface area contributed by atoms with Crippen molar-refractivity contribution in [2.24, 2.45) is 0 Å². The van der Waals surface area contributed by atoms with Gasteiger partial charge in [0.2, 0.25) is 0 Å². The lowest BCUT2D eigenvalue weighted by molar-refractivity contribution is 0.301. The number of aryl methyl sites for hydroxylation is 1. The van der Waals surface area contributed by atoms with Crippen LogP contribution < -0.4 is 10.1 Å². The van der Waals surface area contributed by atoms with Crippen LogP contribution in [-0.2, 0) is 19.6 Å². The fourth-order valence-corrected chi connectivity index (χ4v) is 2.17. The zero-order valence-corrected chi connectivity index (χ0v) is 12.6. The number of nitrogens with one attached hydrogen (secondary N) is 1. The lowest BCUT2D eigenvalue weighted by atomic mass is 10.1. The van der Waals surface area contributed by atoms with Gasteiger partial charge in [-0.25, -0.2) is 0 Å². The molecule has 1 aromatic carbocycles. The predicted molar refractivity (Wildman–Crippen MR) is 82.2 cm³/mol. The average molecular weight is 291 g/mol. The zero-order chi connectivity index (χ0) is 14.4. The maximum atomic E-state index is 6.09. The number of nitrogens with zero attached hydrogens (tertiary/aromatic N) is 1. The average Bonchev–Trinajstić information content (AvgIpc) is 2.48. The van der Waals surface area contributed by atoms with E-state index < -0.39 is 0 Å². The van der Waals surface area contributed by atoms with Crippen LogP contribution in [0.2, 0.25) is 5.02 Å². The molecule has 0 bridgehead atoms. The first kappa shape index (κ1) is 14.8. The molecule has 2 aromatic rings. The molecule has 106 valence electrons. The molecule has 20 heavy (non-hydrogen) atoms. The summed E-state index contributed by atoms with van der Waals surface area (Å²) in [4.78, 5) is 4.38. The highest BCUT2D eigenvalue weighted by Gasteiger charge is 2.02. The Bertz CT molecular complexity index is 555. The van der Waals surface area contributed by atoms with E-state index >= 15 is 0 Å². The normalized spacial score (nSPS) is 10.6. The third-order valence-corrected chi connectivity index (χ3v) is 3.42. The molecule has 1 heterocycles. The second-order valence-electron chi connectivity index (χ2n) is 4.58. The van der Waals surface area contributed by atoms with E-state index in [-0.39, 0.29) is 0 Å². The van der Waals surface area contributed by atoms with Crippen molar-refractivity contribution in [1.82, 2.24) is 10.3 Å². The van der Waals surface area contributed by atoms with Gasteiger partial charge < -0.3 is 10.1 Å². The third kappa shape index (κ3) is 3.95. The quantitative estimate of drug-likeness (QED) is 0.883. The Morgan fingerprint density at radius 1 is 1.25 bits per heavy atom. The number of pyridine rings is 1. The summed E-state index contributed by atoms with van der Waals surface area (Å²) < 4.78 is 5.75. The molecule has 0 aliphatic rings. The second kappa shape index (κ2) is 7.27. The van der Waals surface area contributed by atoms with Crippen LogP contribution in [0.3, 0.4) is 0 Å². The van der Waals surface area contributed by atoms with Crippen molar-refractivity contribution in [2.45, 2.75) is 26.5 Å². The number of hydrogen-bond donors (Lipinski definition) is 1. The predicted octanol–water partition coefficient (Wildman–Crippen LogP) is 3.60. The zero-order valence-electron chi connectivity index (χ0n) is 11.8. The highest BCUT2D eigenvalue weighted by atomic mass is 35.5. The van der Waals surface area contributed by atoms with E-state index in [4.69, 9.17) is 16.3 Å². The van der Waals surface area contributed by atoms with Crippen molar-refractivity contribution in [2.75, 3.05) is 7.05 Å². The maximum absolute atomic E-state index is 6.09. The summed E-state index contributed by atoms with van der Waals surface area (Å²) in [6.45, 7) is 3.36. The highest BCUT2D eigenvalue weighted by Crippen LogP contribution is 2.23. The van der Waals surface area contributed by atoms with E-state index in [0.717, 1.165) is 40.6 Å². The molecule has 0 aliphatic heterocycles. The van der Waals surface area contributed by atoms with E-state index in [2.05, 4.69) is 23.3 Å². The Morgan fingerprint density at radius 2 is 2.10 bits per heavy atom. The van der Waals surface area contributed by atoms with Gasteiger partial charge in [-0.2, -0.15) is 0 Å². The monoisotopic (exact) mass is 290 g/mol. The van der Waals surface area contributed by atoms with Gasteiger partial charge >= 0.3 is 0 Å². The minimum absolute atomic E-state index is 0.463. The molecule has 0 atom stereocenters. The first-order valence-corrected chi connectivity index (χ1v) is 7.10. The van der Waals surface area contributed by atoms with E-state index in [0.29, 0.717) is 6.61 Å². The van der Waals surface area contributed by atoms with Gasteiger partial charge in [0, 0.05) is 17.8 Å². The van der Waals surface area contributed by atoms with Crippen molar-refractivity contribution >= 4 is 11.6 Å². The molecule has 0 amide bonds. The molecule has 4 heteroatoms.